The first-order chi connectivity index (χ1) is 13.4. The Morgan fingerprint density at radius 1 is 1.00 bits per heavy atom. The number of Topliss-reactive ketones (excluding diaryl/α,β-unsaturated/α-hetero) is 3. The van der Waals surface area contributed by atoms with Crippen molar-refractivity contribution in [3.8, 4) is 11.4 Å². The molecule has 0 atom stereocenters. The SMILES string of the molecule is CC(=O)c1ccc(-c2nc(C(C)=O)cn2CCN2CCOCC2)c(C(C)=O)c1. The molecule has 1 aliphatic rings. The van der Waals surface area contributed by atoms with Crippen LogP contribution >= 0.6 is 0 Å². The minimum absolute atomic E-state index is 0.103. The summed E-state index contributed by atoms with van der Waals surface area (Å²) in [5.41, 5.74) is 1.90. The van der Waals surface area contributed by atoms with Gasteiger partial charge in [-0.3, -0.25) is 19.3 Å². The van der Waals surface area contributed by atoms with Gasteiger partial charge >= 0.3 is 0 Å². The van der Waals surface area contributed by atoms with Gasteiger partial charge in [-0.2, -0.15) is 0 Å². The van der Waals surface area contributed by atoms with Gasteiger partial charge in [-0.05, 0) is 26.0 Å². The molecule has 0 radical (unpaired) electrons. The Kier molecular flexibility index (Phi) is 6.16. The summed E-state index contributed by atoms with van der Waals surface area (Å²) in [6, 6.07) is 5.04. The highest BCUT2D eigenvalue weighted by Gasteiger charge is 2.20. The molecule has 0 aliphatic carbocycles. The Bertz CT molecular complexity index is 910. The molecule has 7 heteroatoms. The van der Waals surface area contributed by atoms with Gasteiger partial charge in [-0.25, -0.2) is 4.98 Å². The topological polar surface area (TPSA) is 81.5 Å². The van der Waals surface area contributed by atoms with Crippen molar-refractivity contribution in [2.45, 2.75) is 27.3 Å². The van der Waals surface area contributed by atoms with Gasteiger partial charge in [0, 0.05) is 56.0 Å². The van der Waals surface area contributed by atoms with Crippen LogP contribution in [0.3, 0.4) is 0 Å². The molecule has 28 heavy (non-hydrogen) atoms. The maximum Gasteiger partial charge on any atom is 0.179 e. The van der Waals surface area contributed by atoms with Crippen molar-refractivity contribution >= 4 is 17.3 Å². The minimum Gasteiger partial charge on any atom is -0.379 e. The quantitative estimate of drug-likeness (QED) is 0.684. The van der Waals surface area contributed by atoms with Crippen LogP contribution in [0.1, 0.15) is 52.0 Å². The number of ether oxygens (including phenoxy) is 1. The maximum absolute atomic E-state index is 12.2. The molecule has 0 saturated carbocycles. The molecule has 2 heterocycles. The first-order valence-corrected chi connectivity index (χ1v) is 9.41. The zero-order valence-corrected chi connectivity index (χ0v) is 16.5. The molecule has 1 fully saturated rings. The Balaban J connectivity index is 1.99. The Morgan fingerprint density at radius 2 is 1.71 bits per heavy atom. The highest BCUT2D eigenvalue weighted by Crippen LogP contribution is 2.26. The van der Waals surface area contributed by atoms with Gasteiger partial charge in [0.2, 0.25) is 0 Å². The fourth-order valence-electron chi connectivity index (χ4n) is 3.29. The van der Waals surface area contributed by atoms with Crippen molar-refractivity contribution in [1.82, 2.24) is 14.5 Å². The summed E-state index contributed by atoms with van der Waals surface area (Å²) in [4.78, 5) is 42.6. The number of imidazole rings is 1. The summed E-state index contributed by atoms with van der Waals surface area (Å²) >= 11 is 0. The second-order valence-electron chi connectivity index (χ2n) is 7.03. The van der Waals surface area contributed by atoms with Crippen molar-refractivity contribution in [3.05, 3.63) is 41.2 Å². The number of hydrogen-bond donors (Lipinski definition) is 0. The fraction of sp³-hybridized carbons (Fsp3) is 0.429. The number of ketones is 3. The number of rotatable bonds is 7. The number of morpholine rings is 1. The zero-order chi connectivity index (χ0) is 20.3. The summed E-state index contributed by atoms with van der Waals surface area (Å²) < 4.78 is 7.30. The number of hydrogen-bond acceptors (Lipinski definition) is 6. The lowest BCUT2D eigenvalue weighted by Gasteiger charge is -2.26. The lowest BCUT2D eigenvalue weighted by Crippen LogP contribution is -2.38. The van der Waals surface area contributed by atoms with Gasteiger partial charge in [0.05, 0.1) is 13.2 Å². The number of carbonyl (C=O) groups excluding carboxylic acids is 3. The molecular formula is C21H25N3O4. The van der Waals surface area contributed by atoms with Crippen LogP contribution in [-0.2, 0) is 11.3 Å². The molecule has 148 valence electrons. The Labute approximate surface area is 164 Å². The van der Waals surface area contributed by atoms with E-state index in [1.807, 2.05) is 4.57 Å². The van der Waals surface area contributed by atoms with Crippen LogP contribution in [0.25, 0.3) is 11.4 Å². The van der Waals surface area contributed by atoms with Gasteiger partial charge in [0.25, 0.3) is 0 Å². The van der Waals surface area contributed by atoms with Gasteiger partial charge in [-0.1, -0.05) is 6.07 Å². The minimum atomic E-state index is -0.148. The van der Waals surface area contributed by atoms with E-state index in [2.05, 4.69) is 9.88 Å². The number of carbonyl (C=O) groups is 3. The molecule has 0 N–H and O–H groups in total. The van der Waals surface area contributed by atoms with E-state index in [4.69, 9.17) is 4.74 Å². The first-order valence-electron chi connectivity index (χ1n) is 9.41. The van der Waals surface area contributed by atoms with Crippen molar-refractivity contribution in [2.75, 3.05) is 32.8 Å². The molecule has 0 bridgehead atoms. The van der Waals surface area contributed by atoms with E-state index in [-0.39, 0.29) is 17.3 Å². The highest BCUT2D eigenvalue weighted by molar-refractivity contribution is 6.04. The van der Waals surface area contributed by atoms with Gasteiger partial charge in [-0.15, -0.1) is 0 Å². The third-order valence-corrected chi connectivity index (χ3v) is 4.94. The summed E-state index contributed by atoms with van der Waals surface area (Å²) in [6.07, 6.45) is 1.74. The van der Waals surface area contributed by atoms with Crippen LogP contribution in [0.5, 0.6) is 0 Å². The summed E-state index contributed by atoms with van der Waals surface area (Å²) in [5, 5.41) is 0. The number of benzene rings is 1. The van der Waals surface area contributed by atoms with E-state index in [1.165, 1.54) is 20.8 Å². The molecule has 1 aromatic carbocycles. The van der Waals surface area contributed by atoms with Crippen LogP contribution < -0.4 is 0 Å². The zero-order valence-electron chi connectivity index (χ0n) is 16.5. The van der Waals surface area contributed by atoms with Crippen molar-refractivity contribution in [2.24, 2.45) is 0 Å². The van der Waals surface area contributed by atoms with Gasteiger partial charge in [0.15, 0.2) is 17.3 Å². The van der Waals surface area contributed by atoms with Crippen molar-refractivity contribution in [3.63, 3.8) is 0 Å². The van der Waals surface area contributed by atoms with Crippen LogP contribution in [0.4, 0.5) is 0 Å². The second-order valence-corrected chi connectivity index (χ2v) is 7.03. The van der Waals surface area contributed by atoms with E-state index < -0.39 is 0 Å². The van der Waals surface area contributed by atoms with Crippen molar-refractivity contribution < 1.29 is 19.1 Å². The van der Waals surface area contributed by atoms with Gasteiger partial charge in [0.1, 0.15) is 11.5 Å². The predicted molar refractivity (Wildman–Crippen MR) is 105 cm³/mol. The monoisotopic (exact) mass is 383 g/mol. The second kappa shape index (κ2) is 8.58. The third-order valence-electron chi connectivity index (χ3n) is 4.94. The molecule has 0 spiro atoms. The first kappa shape index (κ1) is 20.1. The van der Waals surface area contributed by atoms with E-state index in [0.29, 0.717) is 34.8 Å². The van der Waals surface area contributed by atoms with E-state index in [1.54, 1.807) is 24.4 Å². The Morgan fingerprint density at radius 3 is 2.32 bits per heavy atom. The van der Waals surface area contributed by atoms with Crippen LogP contribution in [-0.4, -0.2) is 64.6 Å². The van der Waals surface area contributed by atoms with Crippen molar-refractivity contribution in [1.29, 1.82) is 0 Å². The molecule has 0 unspecified atom stereocenters. The fourth-order valence-corrected chi connectivity index (χ4v) is 3.29. The smallest absolute Gasteiger partial charge is 0.179 e. The Hall–Kier alpha value is -2.64. The average molecular weight is 383 g/mol. The van der Waals surface area contributed by atoms with Crippen LogP contribution in [0.2, 0.25) is 0 Å². The molecule has 1 saturated heterocycles. The molecule has 2 aromatic rings. The standard InChI is InChI=1S/C21H25N3O4/c1-14(25)17-4-5-18(19(12-17)15(2)26)21-22-20(16(3)27)13-24(21)7-6-23-8-10-28-11-9-23/h4-5,12-13H,6-11H2,1-3H3. The molecule has 3 rings (SSSR count). The highest BCUT2D eigenvalue weighted by atomic mass is 16.5. The maximum atomic E-state index is 12.2. The van der Waals surface area contributed by atoms with Crippen LogP contribution in [0, 0.1) is 0 Å². The lowest BCUT2D eigenvalue weighted by molar-refractivity contribution is 0.0364. The molecule has 1 aromatic heterocycles. The summed E-state index contributed by atoms with van der Waals surface area (Å²) in [5.74, 6) is 0.189. The normalized spacial score (nSPS) is 14.8. The molecule has 0 amide bonds. The molecule has 1 aliphatic heterocycles. The molecule has 7 nitrogen and oxygen atoms in total. The van der Waals surface area contributed by atoms with E-state index in [9.17, 15) is 14.4 Å². The summed E-state index contributed by atoms with van der Waals surface area (Å²) in [7, 11) is 0. The van der Waals surface area contributed by atoms with Crippen LogP contribution in [0.15, 0.2) is 24.4 Å². The number of nitrogens with zero attached hydrogens (tertiary/aromatic N) is 3. The summed E-state index contributed by atoms with van der Waals surface area (Å²) in [6.45, 7) is 9.03. The van der Waals surface area contributed by atoms with Gasteiger partial charge < -0.3 is 9.30 Å². The molecular weight excluding hydrogens is 358 g/mol. The average Bonchev–Trinajstić information content (AvgIpc) is 3.11. The number of aromatic nitrogens is 2. The largest absolute Gasteiger partial charge is 0.379 e. The third kappa shape index (κ3) is 4.43. The van der Waals surface area contributed by atoms with E-state index in [0.717, 1.165) is 32.8 Å². The predicted octanol–water partition coefficient (Wildman–Crippen LogP) is 2.49. The van der Waals surface area contributed by atoms with E-state index >= 15 is 0 Å². The lowest BCUT2D eigenvalue weighted by atomic mass is 9.99.